The van der Waals surface area contributed by atoms with Crippen LogP contribution in [0.4, 0.5) is 5.69 Å². The van der Waals surface area contributed by atoms with Crippen LogP contribution in [-0.2, 0) is 14.6 Å². The number of carbonyl (C=O) groups excluding carboxylic acids is 2. The fourth-order valence-electron chi connectivity index (χ4n) is 4.56. The molecule has 1 heterocycles. The van der Waals surface area contributed by atoms with Gasteiger partial charge in [-0.2, -0.15) is 5.26 Å². The van der Waals surface area contributed by atoms with Crippen LogP contribution in [0.25, 0.3) is 0 Å². The quantitative estimate of drug-likeness (QED) is 0.626. The van der Waals surface area contributed by atoms with Crippen LogP contribution in [0.15, 0.2) is 24.3 Å². The van der Waals surface area contributed by atoms with Gasteiger partial charge < -0.3 is 15.5 Å². The Hall–Kier alpha value is -2.60. The van der Waals surface area contributed by atoms with Crippen molar-refractivity contribution in [3.8, 4) is 6.07 Å². The van der Waals surface area contributed by atoms with E-state index in [1.54, 1.807) is 12.1 Å². The van der Waals surface area contributed by atoms with E-state index < -0.39 is 15.9 Å². The van der Waals surface area contributed by atoms with E-state index in [2.05, 4.69) is 16.7 Å². The maximum Gasteiger partial charge on any atom is 0.251 e. The van der Waals surface area contributed by atoms with Crippen molar-refractivity contribution in [3.05, 3.63) is 29.8 Å². The predicted molar refractivity (Wildman–Crippen MR) is 128 cm³/mol. The van der Waals surface area contributed by atoms with Crippen molar-refractivity contribution in [2.45, 2.75) is 58.0 Å². The van der Waals surface area contributed by atoms with Crippen molar-refractivity contribution in [2.75, 3.05) is 29.5 Å². The van der Waals surface area contributed by atoms with Gasteiger partial charge >= 0.3 is 0 Å². The maximum atomic E-state index is 12.9. The highest BCUT2D eigenvalue weighted by Gasteiger charge is 2.33. The zero-order valence-corrected chi connectivity index (χ0v) is 20.2. The number of rotatable bonds is 7. The summed E-state index contributed by atoms with van der Waals surface area (Å²) in [5.74, 6) is -0.155. The second-order valence-electron chi connectivity index (χ2n) is 9.48. The van der Waals surface area contributed by atoms with Crippen LogP contribution in [0.1, 0.15) is 56.3 Å². The second kappa shape index (κ2) is 11.0. The summed E-state index contributed by atoms with van der Waals surface area (Å²) in [6, 6.07) is 8.52. The summed E-state index contributed by atoms with van der Waals surface area (Å²) in [5.41, 5.74) is 1.40. The number of nitriles is 1. The topological polar surface area (TPSA) is 119 Å². The van der Waals surface area contributed by atoms with Gasteiger partial charge in [0.2, 0.25) is 5.91 Å². The van der Waals surface area contributed by atoms with E-state index in [0.29, 0.717) is 37.4 Å². The third kappa shape index (κ3) is 6.94. The molecule has 2 amide bonds. The number of hydrogen-bond acceptors (Lipinski definition) is 6. The molecule has 0 unspecified atom stereocenters. The second-order valence-corrected chi connectivity index (χ2v) is 11.8. The van der Waals surface area contributed by atoms with Crippen molar-refractivity contribution in [1.29, 1.82) is 5.26 Å². The van der Waals surface area contributed by atoms with Crippen molar-refractivity contribution in [2.24, 2.45) is 11.8 Å². The summed E-state index contributed by atoms with van der Waals surface area (Å²) in [7, 11) is -2.95. The molecule has 2 aliphatic rings. The summed E-state index contributed by atoms with van der Waals surface area (Å²) in [5, 5.41) is 15.2. The first-order chi connectivity index (χ1) is 15.7. The van der Waals surface area contributed by atoms with Crippen LogP contribution < -0.4 is 15.5 Å². The van der Waals surface area contributed by atoms with E-state index >= 15 is 0 Å². The normalized spacial score (nSPS) is 23.4. The van der Waals surface area contributed by atoms with Gasteiger partial charge in [0.15, 0.2) is 9.84 Å². The molecule has 8 nitrogen and oxygen atoms in total. The molecule has 3 rings (SSSR count). The van der Waals surface area contributed by atoms with Crippen molar-refractivity contribution in [3.63, 3.8) is 0 Å². The Morgan fingerprint density at radius 2 is 1.76 bits per heavy atom. The predicted octanol–water partition coefficient (Wildman–Crippen LogP) is 2.26. The Labute approximate surface area is 196 Å². The standard InChI is InChI=1S/C24H34N4O4S/c1-17(2)15-19(16-25)26-24(30)21-5-3-4-6-22(21)27-23(29)18-7-9-20(10-8-18)28-11-13-33(31,32)14-12-28/h7-10,17,19,21-22H,3-6,11-15H2,1-2H3,(H,26,30)(H,27,29)/t19-,21+,22-/m0/s1. The van der Waals surface area contributed by atoms with Crippen LogP contribution >= 0.6 is 0 Å². The SMILES string of the molecule is CC(C)C[C@@H](C#N)NC(=O)[C@@H]1CCCC[C@@H]1NC(=O)c1ccc(N2CCS(=O)(=O)CC2)cc1. The minimum absolute atomic E-state index is 0.143. The Bertz CT molecular complexity index is 971. The van der Waals surface area contributed by atoms with Gasteiger partial charge in [-0.05, 0) is 49.4 Å². The number of sulfone groups is 1. The fraction of sp³-hybridized carbons (Fsp3) is 0.625. The van der Waals surface area contributed by atoms with Gasteiger partial charge in [0, 0.05) is 30.4 Å². The third-order valence-corrected chi connectivity index (χ3v) is 8.05. The van der Waals surface area contributed by atoms with Gasteiger partial charge in [0.25, 0.3) is 5.91 Å². The smallest absolute Gasteiger partial charge is 0.251 e. The van der Waals surface area contributed by atoms with Crippen LogP contribution in [0.2, 0.25) is 0 Å². The lowest BCUT2D eigenvalue weighted by molar-refractivity contribution is -0.127. The Morgan fingerprint density at radius 1 is 1.12 bits per heavy atom. The van der Waals surface area contributed by atoms with E-state index in [4.69, 9.17) is 0 Å². The maximum absolute atomic E-state index is 12.9. The lowest BCUT2D eigenvalue weighted by Crippen LogP contribution is -2.50. The lowest BCUT2D eigenvalue weighted by atomic mass is 9.83. The number of nitrogens with zero attached hydrogens (tertiary/aromatic N) is 2. The highest BCUT2D eigenvalue weighted by molar-refractivity contribution is 7.91. The molecular weight excluding hydrogens is 440 g/mol. The lowest BCUT2D eigenvalue weighted by Gasteiger charge is -2.32. The van der Waals surface area contributed by atoms with E-state index in [0.717, 1.165) is 24.9 Å². The Morgan fingerprint density at radius 3 is 2.36 bits per heavy atom. The summed E-state index contributed by atoms with van der Waals surface area (Å²) in [4.78, 5) is 27.8. The molecule has 9 heteroatoms. The van der Waals surface area contributed by atoms with Gasteiger partial charge in [-0.25, -0.2) is 8.42 Å². The molecule has 0 spiro atoms. The molecule has 180 valence electrons. The molecule has 0 aromatic heterocycles. The first-order valence-electron chi connectivity index (χ1n) is 11.7. The molecule has 0 bridgehead atoms. The Balaban J connectivity index is 1.60. The van der Waals surface area contributed by atoms with E-state index in [1.165, 1.54) is 0 Å². The van der Waals surface area contributed by atoms with E-state index in [1.807, 2.05) is 30.9 Å². The Kier molecular flexibility index (Phi) is 8.35. The van der Waals surface area contributed by atoms with Gasteiger partial charge in [-0.15, -0.1) is 0 Å². The fourth-order valence-corrected chi connectivity index (χ4v) is 5.76. The minimum Gasteiger partial charge on any atom is -0.369 e. The molecule has 0 radical (unpaired) electrons. The zero-order chi connectivity index (χ0) is 24.0. The molecule has 1 saturated carbocycles. The van der Waals surface area contributed by atoms with E-state index in [-0.39, 0.29) is 35.3 Å². The monoisotopic (exact) mass is 474 g/mol. The number of nitrogens with one attached hydrogen (secondary N) is 2. The zero-order valence-electron chi connectivity index (χ0n) is 19.4. The largest absolute Gasteiger partial charge is 0.369 e. The third-order valence-electron chi connectivity index (χ3n) is 6.44. The number of hydrogen-bond donors (Lipinski definition) is 2. The highest BCUT2D eigenvalue weighted by Crippen LogP contribution is 2.26. The molecule has 2 fully saturated rings. The van der Waals surface area contributed by atoms with Crippen LogP contribution in [0.5, 0.6) is 0 Å². The van der Waals surface area contributed by atoms with Crippen molar-refractivity contribution >= 4 is 27.3 Å². The molecule has 33 heavy (non-hydrogen) atoms. The number of amides is 2. The van der Waals surface area contributed by atoms with Crippen LogP contribution in [-0.4, -0.2) is 56.9 Å². The van der Waals surface area contributed by atoms with Crippen molar-refractivity contribution < 1.29 is 18.0 Å². The van der Waals surface area contributed by atoms with Crippen LogP contribution in [0.3, 0.4) is 0 Å². The number of anilines is 1. The average Bonchev–Trinajstić information content (AvgIpc) is 2.78. The van der Waals surface area contributed by atoms with E-state index in [9.17, 15) is 23.3 Å². The minimum atomic E-state index is -2.95. The summed E-state index contributed by atoms with van der Waals surface area (Å²) >= 11 is 0. The molecule has 3 atom stereocenters. The van der Waals surface area contributed by atoms with Gasteiger partial charge in [-0.1, -0.05) is 26.7 Å². The molecule has 1 aliphatic carbocycles. The van der Waals surface area contributed by atoms with Gasteiger partial charge in [0.05, 0.1) is 23.5 Å². The summed E-state index contributed by atoms with van der Waals surface area (Å²) in [6.07, 6.45) is 3.88. The van der Waals surface area contributed by atoms with Crippen LogP contribution in [0, 0.1) is 23.2 Å². The molecule has 1 saturated heterocycles. The van der Waals surface area contributed by atoms with Gasteiger partial charge in [-0.3, -0.25) is 9.59 Å². The molecule has 1 aromatic rings. The van der Waals surface area contributed by atoms with Crippen molar-refractivity contribution in [1.82, 2.24) is 10.6 Å². The first-order valence-corrected chi connectivity index (χ1v) is 13.6. The number of benzene rings is 1. The molecule has 1 aromatic carbocycles. The highest BCUT2D eigenvalue weighted by atomic mass is 32.2. The van der Waals surface area contributed by atoms with Gasteiger partial charge in [0.1, 0.15) is 6.04 Å². The molecule has 2 N–H and O–H groups in total. The number of carbonyl (C=O) groups is 2. The molecule has 1 aliphatic heterocycles. The first kappa shape index (κ1) is 25.0. The summed E-state index contributed by atoms with van der Waals surface area (Å²) < 4.78 is 23.3. The molecular formula is C24H34N4O4S. The average molecular weight is 475 g/mol. The summed E-state index contributed by atoms with van der Waals surface area (Å²) in [6.45, 7) is 4.93.